The van der Waals surface area contributed by atoms with Crippen LogP contribution in [0, 0.1) is 13.8 Å². The Labute approximate surface area is 141 Å². The molecule has 0 aliphatic rings. The summed E-state index contributed by atoms with van der Waals surface area (Å²) in [5.41, 5.74) is 6.49. The van der Waals surface area contributed by atoms with Crippen molar-refractivity contribution in [2.75, 3.05) is 5.75 Å². The Balaban J connectivity index is 1.50. The van der Waals surface area contributed by atoms with Crippen molar-refractivity contribution in [2.24, 2.45) is 0 Å². The summed E-state index contributed by atoms with van der Waals surface area (Å²) in [4.78, 5) is 28.0. The van der Waals surface area contributed by atoms with Crippen molar-refractivity contribution < 1.29 is 18.4 Å². The van der Waals surface area contributed by atoms with Gasteiger partial charge in [-0.05, 0) is 32.0 Å². The van der Waals surface area contributed by atoms with E-state index in [0.29, 0.717) is 27.9 Å². The summed E-state index contributed by atoms with van der Waals surface area (Å²) in [5, 5.41) is 0.402. The van der Waals surface area contributed by atoms with Gasteiger partial charge in [-0.15, -0.1) is 0 Å². The standard InChI is InChI=1S/C16H15N3O4S/c1-9-7-11(10(2)22-9)15(21)19-18-14(20)8-24-16-17-12-5-3-4-6-13(12)23-16/h3-7H,8H2,1-2H3,(H,18,20)(H,19,21). The third kappa shape index (κ3) is 3.60. The molecule has 0 aliphatic heterocycles. The van der Waals surface area contributed by atoms with Gasteiger partial charge in [0.05, 0.1) is 11.3 Å². The number of hydrogen-bond acceptors (Lipinski definition) is 6. The number of aryl methyl sites for hydroxylation is 2. The van der Waals surface area contributed by atoms with Gasteiger partial charge < -0.3 is 8.83 Å². The molecule has 0 bridgehead atoms. The molecule has 0 radical (unpaired) electrons. The van der Waals surface area contributed by atoms with E-state index < -0.39 is 5.91 Å². The molecule has 0 aliphatic carbocycles. The highest BCUT2D eigenvalue weighted by Crippen LogP contribution is 2.22. The number of nitrogens with one attached hydrogen (secondary N) is 2. The Morgan fingerprint density at radius 1 is 1.17 bits per heavy atom. The lowest BCUT2D eigenvalue weighted by atomic mass is 10.2. The molecular weight excluding hydrogens is 330 g/mol. The van der Waals surface area contributed by atoms with Crippen LogP contribution < -0.4 is 10.9 Å². The number of nitrogens with zero attached hydrogens (tertiary/aromatic N) is 1. The van der Waals surface area contributed by atoms with Crippen LogP contribution in [0.1, 0.15) is 21.9 Å². The predicted molar refractivity (Wildman–Crippen MR) is 88.5 cm³/mol. The Kier molecular flexibility index (Phi) is 4.57. The number of hydrogen-bond donors (Lipinski definition) is 2. The topological polar surface area (TPSA) is 97.4 Å². The fraction of sp³-hybridized carbons (Fsp3) is 0.188. The zero-order chi connectivity index (χ0) is 17.1. The SMILES string of the molecule is Cc1cc(C(=O)NNC(=O)CSc2nc3ccccc3o2)c(C)o1. The molecule has 0 atom stereocenters. The van der Waals surface area contributed by atoms with Gasteiger partial charge >= 0.3 is 0 Å². The number of oxazole rings is 1. The van der Waals surface area contributed by atoms with Crippen LogP contribution in [-0.4, -0.2) is 22.6 Å². The second-order valence-corrected chi connectivity index (χ2v) is 5.99. The number of rotatable bonds is 4. The van der Waals surface area contributed by atoms with E-state index in [9.17, 15) is 9.59 Å². The summed E-state index contributed by atoms with van der Waals surface area (Å²) in [6.45, 7) is 3.44. The number of benzene rings is 1. The van der Waals surface area contributed by atoms with Gasteiger partial charge in [0.15, 0.2) is 5.58 Å². The number of carbonyl (C=O) groups is 2. The zero-order valence-corrected chi connectivity index (χ0v) is 13.9. The lowest BCUT2D eigenvalue weighted by molar-refractivity contribution is -0.119. The highest BCUT2D eigenvalue weighted by Gasteiger charge is 2.14. The Morgan fingerprint density at radius 2 is 1.96 bits per heavy atom. The van der Waals surface area contributed by atoms with E-state index in [1.165, 1.54) is 0 Å². The van der Waals surface area contributed by atoms with Gasteiger partial charge in [0.25, 0.3) is 11.1 Å². The van der Waals surface area contributed by atoms with Gasteiger partial charge in [0.1, 0.15) is 17.0 Å². The predicted octanol–water partition coefficient (Wildman–Crippen LogP) is 2.59. The van der Waals surface area contributed by atoms with Gasteiger partial charge in [0.2, 0.25) is 5.91 Å². The number of fused-ring (bicyclic) bond motifs is 1. The molecule has 2 amide bonds. The van der Waals surface area contributed by atoms with Gasteiger partial charge in [-0.3, -0.25) is 20.4 Å². The van der Waals surface area contributed by atoms with Crippen LogP contribution in [0.25, 0.3) is 11.1 Å². The highest BCUT2D eigenvalue weighted by molar-refractivity contribution is 7.99. The highest BCUT2D eigenvalue weighted by atomic mass is 32.2. The minimum absolute atomic E-state index is 0.0660. The first-order valence-electron chi connectivity index (χ1n) is 7.17. The van der Waals surface area contributed by atoms with Crippen molar-refractivity contribution >= 4 is 34.7 Å². The first-order chi connectivity index (χ1) is 11.5. The molecule has 2 aromatic heterocycles. The van der Waals surface area contributed by atoms with E-state index in [4.69, 9.17) is 8.83 Å². The molecule has 0 fully saturated rings. The maximum absolute atomic E-state index is 12.0. The summed E-state index contributed by atoms with van der Waals surface area (Å²) in [7, 11) is 0. The average molecular weight is 345 g/mol. The third-order valence-corrected chi connectivity index (χ3v) is 4.03. The third-order valence-electron chi connectivity index (χ3n) is 3.20. The largest absolute Gasteiger partial charge is 0.466 e. The first kappa shape index (κ1) is 16.1. The minimum atomic E-state index is -0.426. The zero-order valence-electron chi connectivity index (χ0n) is 13.1. The second kappa shape index (κ2) is 6.79. The molecule has 1 aromatic carbocycles. The second-order valence-electron chi connectivity index (χ2n) is 5.07. The van der Waals surface area contributed by atoms with Crippen LogP contribution in [0.15, 0.2) is 44.4 Å². The van der Waals surface area contributed by atoms with E-state index in [-0.39, 0.29) is 11.7 Å². The normalized spacial score (nSPS) is 10.8. The van der Waals surface area contributed by atoms with E-state index in [1.54, 1.807) is 19.9 Å². The van der Waals surface area contributed by atoms with Crippen molar-refractivity contribution in [1.29, 1.82) is 0 Å². The molecule has 24 heavy (non-hydrogen) atoms. The van der Waals surface area contributed by atoms with Crippen molar-refractivity contribution in [2.45, 2.75) is 19.1 Å². The lowest BCUT2D eigenvalue weighted by Crippen LogP contribution is -2.42. The van der Waals surface area contributed by atoms with Crippen LogP contribution in [0.2, 0.25) is 0 Å². The molecule has 2 N–H and O–H groups in total. The maximum atomic E-state index is 12.0. The summed E-state index contributed by atoms with van der Waals surface area (Å²) in [6, 6.07) is 8.97. The van der Waals surface area contributed by atoms with Gasteiger partial charge in [0, 0.05) is 0 Å². The number of hydrazine groups is 1. The molecular formula is C16H15N3O4S. The number of carbonyl (C=O) groups excluding carboxylic acids is 2. The minimum Gasteiger partial charge on any atom is -0.466 e. The molecule has 0 spiro atoms. The Hall–Kier alpha value is -2.74. The molecule has 8 heteroatoms. The molecule has 124 valence electrons. The number of furan rings is 1. The fourth-order valence-corrected chi connectivity index (χ4v) is 2.76. The smallest absolute Gasteiger partial charge is 0.273 e. The van der Waals surface area contributed by atoms with Crippen molar-refractivity contribution in [3.05, 3.63) is 47.4 Å². The molecule has 3 rings (SSSR count). The molecule has 2 heterocycles. The van der Waals surface area contributed by atoms with E-state index in [0.717, 1.165) is 17.3 Å². The van der Waals surface area contributed by atoms with Gasteiger partial charge in [-0.2, -0.15) is 0 Å². The molecule has 0 saturated carbocycles. The van der Waals surface area contributed by atoms with Gasteiger partial charge in [-0.1, -0.05) is 23.9 Å². The Morgan fingerprint density at radius 3 is 2.67 bits per heavy atom. The van der Waals surface area contributed by atoms with Crippen LogP contribution in [0.4, 0.5) is 0 Å². The summed E-state index contributed by atoms with van der Waals surface area (Å²) < 4.78 is 10.8. The quantitative estimate of drug-likeness (QED) is 0.557. The van der Waals surface area contributed by atoms with E-state index in [1.807, 2.05) is 24.3 Å². The van der Waals surface area contributed by atoms with Crippen LogP contribution >= 0.6 is 11.8 Å². The Bertz CT molecular complexity index is 867. The summed E-state index contributed by atoms with van der Waals surface area (Å²) in [5.74, 6) is 0.407. The molecule has 3 aromatic rings. The van der Waals surface area contributed by atoms with Crippen molar-refractivity contribution in [3.63, 3.8) is 0 Å². The summed E-state index contributed by atoms with van der Waals surface area (Å²) >= 11 is 1.15. The molecule has 7 nitrogen and oxygen atoms in total. The van der Waals surface area contributed by atoms with Crippen LogP contribution in [-0.2, 0) is 4.79 Å². The van der Waals surface area contributed by atoms with Crippen molar-refractivity contribution in [3.8, 4) is 0 Å². The average Bonchev–Trinajstić information content (AvgIpc) is 3.12. The first-order valence-corrected chi connectivity index (χ1v) is 8.16. The van der Waals surface area contributed by atoms with E-state index in [2.05, 4.69) is 15.8 Å². The number of amides is 2. The van der Waals surface area contributed by atoms with Crippen LogP contribution in [0.3, 0.4) is 0 Å². The number of aromatic nitrogens is 1. The maximum Gasteiger partial charge on any atom is 0.273 e. The van der Waals surface area contributed by atoms with E-state index >= 15 is 0 Å². The fourth-order valence-electron chi connectivity index (χ4n) is 2.13. The monoisotopic (exact) mass is 345 g/mol. The lowest BCUT2D eigenvalue weighted by Gasteiger charge is -2.05. The van der Waals surface area contributed by atoms with Crippen LogP contribution in [0.5, 0.6) is 0 Å². The van der Waals surface area contributed by atoms with Gasteiger partial charge in [-0.25, -0.2) is 4.98 Å². The number of para-hydroxylation sites is 2. The number of thioether (sulfide) groups is 1. The molecule has 0 saturated heterocycles. The molecule has 0 unspecified atom stereocenters. The summed E-state index contributed by atoms with van der Waals surface area (Å²) in [6.07, 6.45) is 0. The van der Waals surface area contributed by atoms with Crippen molar-refractivity contribution in [1.82, 2.24) is 15.8 Å².